The van der Waals surface area contributed by atoms with Gasteiger partial charge in [0.1, 0.15) is 11.4 Å². The van der Waals surface area contributed by atoms with Crippen molar-refractivity contribution < 1.29 is 24.5 Å². The zero-order chi connectivity index (χ0) is 24.7. The Kier molecular flexibility index (Phi) is 6.41. The molecule has 6 heteroatoms. The van der Waals surface area contributed by atoms with Crippen LogP contribution >= 0.6 is 0 Å². The van der Waals surface area contributed by atoms with Crippen molar-refractivity contribution in [1.29, 1.82) is 0 Å². The molecule has 1 saturated carbocycles. The Balaban J connectivity index is 1.38. The number of carbonyl (C=O) groups is 1. The minimum Gasteiger partial charge on any atom is -0.484 e. The molecule has 1 heterocycles. The van der Waals surface area contributed by atoms with E-state index in [4.69, 9.17) is 9.47 Å². The lowest BCUT2D eigenvalue weighted by molar-refractivity contribution is -0.205. The molecule has 0 spiro atoms. The molecular formula is C29H37NO5. The predicted octanol–water partition coefficient (Wildman–Crippen LogP) is 3.57. The molecule has 35 heavy (non-hydrogen) atoms. The molecule has 0 aromatic heterocycles. The Morgan fingerprint density at radius 3 is 2.60 bits per heavy atom. The lowest BCUT2D eigenvalue weighted by Gasteiger charge is -2.59. The van der Waals surface area contributed by atoms with Crippen LogP contribution in [0.15, 0.2) is 48.5 Å². The number of carbonyl (C=O) groups excluding carboxylic acids is 1. The highest BCUT2D eigenvalue weighted by molar-refractivity contribution is 5.77. The van der Waals surface area contributed by atoms with Crippen LogP contribution in [0, 0.1) is 5.92 Å². The van der Waals surface area contributed by atoms with E-state index >= 15 is 0 Å². The summed E-state index contributed by atoms with van der Waals surface area (Å²) < 4.78 is 11.2. The van der Waals surface area contributed by atoms with Crippen molar-refractivity contribution in [1.82, 2.24) is 4.90 Å². The molecule has 5 rings (SSSR count). The van der Waals surface area contributed by atoms with Crippen LogP contribution in [0.1, 0.15) is 56.2 Å². The molecule has 6 nitrogen and oxygen atoms in total. The maximum Gasteiger partial charge on any atom is 0.260 e. The fourth-order valence-corrected chi connectivity index (χ4v) is 6.85. The number of hydrogen-bond donors (Lipinski definition) is 2. The van der Waals surface area contributed by atoms with E-state index in [2.05, 4.69) is 19.1 Å². The molecule has 1 saturated heterocycles. The van der Waals surface area contributed by atoms with Gasteiger partial charge in [-0.25, -0.2) is 0 Å². The van der Waals surface area contributed by atoms with Crippen LogP contribution in [0.2, 0.25) is 0 Å². The van der Waals surface area contributed by atoms with Gasteiger partial charge in [0.05, 0.1) is 18.8 Å². The van der Waals surface area contributed by atoms with Gasteiger partial charge in [-0.15, -0.1) is 0 Å². The van der Waals surface area contributed by atoms with Gasteiger partial charge < -0.3 is 24.6 Å². The number of amides is 1. The molecule has 2 aromatic carbocycles. The van der Waals surface area contributed by atoms with Crippen molar-refractivity contribution in [3.63, 3.8) is 0 Å². The van der Waals surface area contributed by atoms with Gasteiger partial charge in [0.2, 0.25) is 0 Å². The third-order valence-corrected chi connectivity index (χ3v) is 8.86. The van der Waals surface area contributed by atoms with Gasteiger partial charge in [0, 0.05) is 18.5 Å². The smallest absolute Gasteiger partial charge is 0.260 e. The number of benzene rings is 2. The standard InChI is InChI=1S/C29H37NO5/c1-3-28-20-27(2,32)29(33,22-7-5-4-6-8-22)18-23(28)10-9-21-17-24(11-12-25(21)28)35-19-26(31)30-13-15-34-16-14-30/h4-8,11-12,17,23,32-33H,3,9-10,13-16,18-20H2,1-2H3. The Morgan fingerprint density at radius 1 is 1.14 bits per heavy atom. The monoisotopic (exact) mass is 479 g/mol. The molecule has 188 valence electrons. The van der Waals surface area contributed by atoms with Gasteiger partial charge >= 0.3 is 0 Å². The largest absolute Gasteiger partial charge is 0.484 e. The van der Waals surface area contributed by atoms with E-state index in [1.54, 1.807) is 11.8 Å². The molecule has 4 unspecified atom stereocenters. The Labute approximate surface area is 207 Å². The third-order valence-electron chi connectivity index (χ3n) is 8.86. The summed E-state index contributed by atoms with van der Waals surface area (Å²) in [6.07, 6.45) is 3.76. The van der Waals surface area contributed by atoms with E-state index in [0.29, 0.717) is 44.9 Å². The van der Waals surface area contributed by atoms with Crippen LogP contribution in [0.25, 0.3) is 0 Å². The number of aliphatic hydroxyl groups is 2. The minimum absolute atomic E-state index is 0.0142. The fraction of sp³-hybridized carbons (Fsp3) is 0.552. The topological polar surface area (TPSA) is 79.2 Å². The number of hydrogen-bond acceptors (Lipinski definition) is 5. The lowest BCUT2D eigenvalue weighted by Crippen LogP contribution is -2.62. The quantitative estimate of drug-likeness (QED) is 0.686. The average Bonchev–Trinajstić information content (AvgIpc) is 2.88. The molecule has 0 bridgehead atoms. The molecule has 3 aliphatic rings. The first-order valence-corrected chi connectivity index (χ1v) is 12.9. The second kappa shape index (κ2) is 9.23. The maximum atomic E-state index is 12.5. The van der Waals surface area contributed by atoms with E-state index in [9.17, 15) is 15.0 Å². The van der Waals surface area contributed by atoms with Gasteiger partial charge in [-0.05, 0) is 73.8 Å². The summed E-state index contributed by atoms with van der Waals surface area (Å²) in [4.78, 5) is 14.3. The van der Waals surface area contributed by atoms with Crippen LogP contribution in [0.3, 0.4) is 0 Å². The minimum atomic E-state index is -1.28. The number of morpholine rings is 1. The van der Waals surface area contributed by atoms with Gasteiger partial charge in [0.15, 0.2) is 6.61 Å². The van der Waals surface area contributed by atoms with Crippen LogP contribution in [-0.4, -0.2) is 59.5 Å². The lowest BCUT2D eigenvalue weighted by atomic mass is 9.49. The number of fused-ring (bicyclic) bond motifs is 3. The fourth-order valence-electron chi connectivity index (χ4n) is 6.85. The van der Waals surface area contributed by atoms with Gasteiger partial charge in [-0.2, -0.15) is 0 Å². The Morgan fingerprint density at radius 2 is 1.89 bits per heavy atom. The zero-order valence-corrected chi connectivity index (χ0v) is 20.8. The number of ether oxygens (including phenoxy) is 2. The molecule has 0 radical (unpaired) electrons. The van der Waals surface area contributed by atoms with Crippen molar-refractivity contribution in [2.75, 3.05) is 32.9 Å². The van der Waals surface area contributed by atoms with E-state index in [1.165, 1.54) is 11.1 Å². The van der Waals surface area contributed by atoms with E-state index < -0.39 is 11.2 Å². The number of rotatable bonds is 5. The Bertz CT molecular complexity index is 1060. The summed E-state index contributed by atoms with van der Waals surface area (Å²) >= 11 is 0. The summed E-state index contributed by atoms with van der Waals surface area (Å²) in [5.41, 5.74) is 0.501. The normalized spacial score (nSPS) is 32.5. The summed E-state index contributed by atoms with van der Waals surface area (Å²) in [6.45, 7) is 6.39. The van der Waals surface area contributed by atoms with E-state index in [-0.39, 0.29) is 23.8 Å². The molecule has 1 amide bonds. The van der Waals surface area contributed by atoms with Crippen LogP contribution in [0.4, 0.5) is 0 Å². The van der Waals surface area contributed by atoms with Crippen LogP contribution in [-0.2, 0) is 27.0 Å². The zero-order valence-electron chi connectivity index (χ0n) is 20.8. The second-order valence-electron chi connectivity index (χ2n) is 10.7. The van der Waals surface area contributed by atoms with Crippen molar-refractivity contribution in [2.24, 2.45) is 5.92 Å². The highest BCUT2D eigenvalue weighted by atomic mass is 16.5. The van der Waals surface area contributed by atoms with Gasteiger partial charge in [-0.3, -0.25) is 4.79 Å². The first-order valence-electron chi connectivity index (χ1n) is 12.9. The Hall–Kier alpha value is -2.41. The van der Waals surface area contributed by atoms with Gasteiger partial charge in [-0.1, -0.05) is 43.3 Å². The van der Waals surface area contributed by atoms with Crippen molar-refractivity contribution in [2.45, 2.75) is 62.6 Å². The number of nitrogens with zero attached hydrogens (tertiary/aromatic N) is 1. The second-order valence-corrected chi connectivity index (χ2v) is 10.7. The molecular weight excluding hydrogens is 442 g/mol. The molecule has 2 aliphatic carbocycles. The summed E-state index contributed by atoms with van der Waals surface area (Å²) in [6, 6.07) is 15.8. The molecule has 2 aromatic rings. The van der Waals surface area contributed by atoms with E-state index in [1.807, 2.05) is 36.4 Å². The van der Waals surface area contributed by atoms with Crippen molar-refractivity contribution in [3.8, 4) is 5.75 Å². The van der Waals surface area contributed by atoms with Crippen molar-refractivity contribution in [3.05, 3.63) is 65.2 Å². The molecule has 4 atom stereocenters. The summed E-state index contributed by atoms with van der Waals surface area (Å²) in [5, 5.41) is 23.5. The molecule has 2 fully saturated rings. The third kappa shape index (κ3) is 4.15. The summed E-state index contributed by atoms with van der Waals surface area (Å²) in [7, 11) is 0. The first-order chi connectivity index (χ1) is 16.8. The first kappa shape index (κ1) is 24.3. The predicted molar refractivity (Wildman–Crippen MR) is 133 cm³/mol. The summed E-state index contributed by atoms with van der Waals surface area (Å²) in [5.74, 6) is 0.957. The van der Waals surface area contributed by atoms with Gasteiger partial charge in [0.25, 0.3) is 5.91 Å². The molecule has 2 N–H and O–H groups in total. The van der Waals surface area contributed by atoms with E-state index in [0.717, 1.165) is 24.8 Å². The highest BCUT2D eigenvalue weighted by Crippen LogP contribution is 2.60. The van der Waals surface area contributed by atoms with Crippen LogP contribution < -0.4 is 4.74 Å². The SMILES string of the molecule is CCC12CC(C)(O)C(O)(c3ccccc3)CC1CCc1cc(OCC(=O)N3CCOCC3)ccc12. The average molecular weight is 480 g/mol. The number of aryl methyl sites for hydroxylation is 1. The molecule has 1 aliphatic heterocycles. The van der Waals surface area contributed by atoms with Crippen LogP contribution in [0.5, 0.6) is 5.75 Å². The highest BCUT2D eigenvalue weighted by Gasteiger charge is 2.60. The van der Waals surface area contributed by atoms with Crippen molar-refractivity contribution >= 4 is 5.91 Å². The maximum absolute atomic E-state index is 12.5.